The predicted octanol–water partition coefficient (Wildman–Crippen LogP) is 2.73. The normalized spacial score (nSPS) is 10.0. The average molecular weight is 373 g/mol. The molecule has 0 saturated carbocycles. The van der Waals surface area contributed by atoms with Crippen LogP contribution in [0.5, 0.6) is 5.75 Å². The van der Waals surface area contributed by atoms with E-state index in [-0.39, 0.29) is 11.3 Å². The summed E-state index contributed by atoms with van der Waals surface area (Å²) in [4.78, 5) is 24.0. The third kappa shape index (κ3) is 3.79. The highest BCUT2D eigenvalue weighted by Gasteiger charge is 2.12. The lowest BCUT2D eigenvalue weighted by molar-refractivity contribution is 0.0848. The first kappa shape index (κ1) is 15.5. The van der Waals surface area contributed by atoms with E-state index in [4.69, 9.17) is 4.74 Å². The van der Waals surface area contributed by atoms with Crippen LogP contribution in [0.1, 0.15) is 20.0 Å². The smallest absolute Gasteiger partial charge is 0.279 e. The van der Waals surface area contributed by atoms with Crippen molar-refractivity contribution in [1.29, 1.82) is 0 Å². The molecule has 5 nitrogen and oxygen atoms in total. The van der Waals surface area contributed by atoms with Gasteiger partial charge in [0.2, 0.25) is 0 Å². The minimum Gasteiger partial charge on any atom is -0.494 e. The zero-order chi connectivity index (χ0) is 15.4. The van der Waals surface area contributed by atoms with Crippen LogP contribution in [0, 0.1) is 5.82 Å². The van der Waals surface area contributed by atoms with E-state index >= 15 is 0 Å². The Balaban J connectivity index is 1.98. The maximum absolute atomic E-state index is 13.5. The van der Waals surface area contributed by atoms with Gasteiger partial charge in [0.1, 0.15) is 0 Å². The molecule has 0 spiro atoms. The van der Waals surface area contributed by atoms with Crippen LogP contribution in [0.2, 0.25) is 0 Å². The van der Waals surface area contributed by atoms with Gasteiger partial charge in [0.25, 0.3) is 11.8 Å². The average Bonchev–Trinajstić information content (AvgIpc) is 2.91. The lowest BCUT2D eigenvalue weighted by Crippen LogP contribution is -2.41. The number of ether oxygens (including phenoxy) is 1. The fourth-order valence-corrected chi connectivity index (χ4v) is 2.77. The summed E-state index contributed by atoms with van der Waals surface area (Å²) in [5.41, 5.74) is 4.54. The van der Waals surface area contributed by atoms with Crippen LogP contribution in [0.25, 0.3) is 0 Å². The molecule has 0 aliphatic heterocycles. The van der Waals surface area contributed by atoms with Crippen molar-refractivity contribution in [2.45, 2.75) is 0 Å². The number of hydrogen-bond donors (Lipinski definition) is 2. The van der Waals surface area contributed by atoms with Gasteiger partial charge in [0, 0.05) is 5.56 Å². The third-order valence-electron chi connectivity index (χ3n) is 2.50. The summed E-state index contributed by atoms with van der Waals surface area (Å²) < 4.78 is 19.0. The van der Waals surface area contributed by atoms with Gasteiger partial charge in [-0.05, 0) is 46.3 Å². The van der Waals surface area contributed by atoms with Crippen molar-refractivity contribution in [1.82, 2.24) is 10.9 Å². The molecule has 2 N–H and O–H groups in total. The summed E-state index contributed by atoms with van der Waals surface area (Å²) in [6.07, 6.45) is 0. The second kappa shape index (κ2) is 6.68. The van der Waals surface area contributed by atoms with Crippen LogP contribution >= 0.6 is 27.3 Å². The lowest BCUT2D eigenvalue weighted by Gasteiger charge is -2.07. The quantitative estimate of drug-likeness (QED) is 0.814. The van der Waals surface area contributed by atoms with E-state index in [2.05, 4.69) is 26.8 Å². The molecular weight excluding hydrogens is 363 g/mol. The predicted molar refractivity (Wildman–Crippen MR) is 79.9 cm³/mol. The Bertz CT molecular complexity index is 690. The first-order chi connectivity index (χ1) is 10.0. The zero-order valence-corrected chi connectivity index (χ0v) is 13.2. The Morgan fingerprint density at radius 1 is 1.19 bits per heavy atom. The van der Waals surface area contributed by atoms with Crippen LogP contribution in [-0.4, -0.2) is 18.9 Å². The molecule has 1 heterocycles. The van der Waals surface area contributed by atoms with Crippen molar-refractivity contribution in [2.24, 2.45) is 0 Å². The van der Waals surface area contributed by atoms with Gasteiger partial charge >= 0.3 is 0 Å². The van der Waals surface area contributed by atoms with Crippen molar-refractivity contribution in [3.05, 3.63) is 50.4 Å². The van der Waals surface area contributed by atoms with E-state index in [1.807, 2.05) is 0 Å². The molecule has 1 aromatic heterocycles. The molecule has 2 rings (SSSR count). The van der Waals surface area contributed by atoms with Crippen molar-refractivity contribution in [3.63, 3.8) is 0 Å². The van der Waals surface area contributed by atoms with Crippen LogP contribution in [0.3, 0.4) is 0 Å². The Hall–Kier alpha value is -1.93. The van der Waals surface area contributed by atoms with Gasteiger partial charge in [-0.25, -0.2) is 4.39 Å². The fourth-order valence-electron chi connectivity index (χ4n) is 1.49. The summed E-state index contributed by atoms with van der Waals surface area (Å²) in [5.74, 6) is -1.69. The van der Waals surface area contributed by atoms with Crippen molar-refractivity contribution in [3.8, 4) is 5.75 Å². The molecule has 0 bridgehead atoms. The molecule has 0 atom stereocenters. The van der Waals surface area contributed by atoms with Gasteiger partial charge in [0.15, 0.2) is 11.6 Å². The summed E-state index contributed by atoms with van der Waals surface area (Å²) in [7, 11) is 1.33. The number of thiophene rings is 1. The molecule has 0 unspecified atom stereocenters. The standard InChI is InChI=1S/C13H10BrFN2O3S/c1-20-9-3-2-7(6-8(9)15)12(18)16-17-13(19)10-4-5-11(14)21-10/h2-6H,1H3,(H,16,18)(H,17,19). The molecule has 2 amide bonds. The number of nitrogens with one attached hydrogen (secondary N) is 2. The van der Waals surface area contributed by atoms with E-state index in [0.29, 0.717) is 4.88 Å². The molecule has 110 valence electrons. The third-order valence-corrected chi connectivity index (χ3v) is 4.12. The molecule has 8 heteroatoms. The molecular formula is C13H10BrFN2O3S. The van der Waals surface area contributed by atoms with E-state index in [9.17, 15) is 14.0 Å². The fraction of sp³-hybridized carbons (Fsp3) is 0.0769. The second-order valence-corrected chi connectivity index (χ2v) is 6.32. The molecule has 0 radical (unpaired) electrons. The van der Waals surface area contributed by atoms with Crippen molar-refractivity contribution < 1.29 is 18.7 Å². The minimum atomic E-state index is -0.654. The van der Waals surface area contributed by atoms with E-state index in [0.717, 1.165) is 9.85 Å². The maximum atomic E-state index is 13.5. The Labute approximate surface area is 132 Å². The summed E-state index contributed by atoms with van der Waals surface area (Å²) >= 11 is 4.46. The van der Waals surface area contributed by atoms with Crippen LogP contribution in [-0.2, 0) is 0 Å². The van der Waals surface area contributed by atoms with Crippen LogP contribution in [0.4, 0.5) is 4.39 Å². The van der Waals surface area contributed by atoms with E-state index in [1.165, 1.54) is 30.6 Å². The minimum absolute atomic E-state index is 0.0408. The SMILES string of the molecule is COc1ccc(C(=O)NNC(=O)c2ccc(Br)s2)cc1F. The van der Waals surface area contributed by atoms with Crippen LogP contribution < -0.4 is 15.6 Å². The number of carbonyl (C=O) groups is 2. The highest BCUT2D eigenvalue weighted by Crippen LogP contribution is 2.21. The van der Waals surface area contributed by atoms with Gasteiger partial charge in [-0.15, -0.1) is 11.3 Å². The summed E-state index contributed by atoms with van der Waals surface area (Å²) in [5, 5.41) is 0. The second-order valence-electron chi connectivity index (χ2n) is 3.86. The largest absolute Gasteiger partial charge is 0.494 e. The Kier molecular flexibility index (Phi) is 4.92. The van der Waals surface area contributed by atoms with E-state index in [1.54, 1.807) is 12.1 Å². The molecule has 1 aromatic carbocycles. The number of hydrazine groups is 1. The summed E-state index contributed by atoms with van der Waals surface area (Å²) in [6.45, 7) is 0. The first-order valence-corrected chi connectivity index (χ1v) is 7.32. The van der Waals surface area contributed by atoms with Gasteiger partial charge in [-0.3, -0.25) is 20.4 Å². The van der Waals surface area contributed by atoms with Gasteiger partial charge in [-0.2, -0.15) is 0 Å². The van der Waals surface area contributed by atoms with Crippen molar-refractivity contribution in [2.75, 3.05) is 7.11 Å². The Morgan fingerprint density at radius 3 is 2.48 bits per heavy atom. The van der Waals surface area contributed by atoms with Crippen LogP contribution in [0.15, 0.2) is 34.1 Å². The number of rotatable bonds is 3. The number of carbonyl (C=O) groups excluding carboxylic acids is 2. The molecule has 0 aliphatic carbocycles. The number of benzene rings is 1. The highest BCUT2D eigenvalue weighted by molar-refractivity contribution is 9.11. The topological polar surface area (TPSA) is 67.4 Å². The number of halogens is 2. The molecule has 2 aromatic rings. The summed E-state index contributed by atoms with van der Waals surface area (Å²) in [6, 6.07) is 7.10. The number of hydrogen-bond acceptors (Lipinski definition) is 4. The molecule has 21 heavy (non-hydrogen) atoms. The molecule has 0 saturated heterocycles. The molecule has 0 fully saturated rings. The lowest BCUT2D eigenvalue weighted by atomic mass is 10.2. The highest BCUT2D eigenvalue weighted by atomic mass is 79.9. The van der Waals surface area contributed by atoms with E-state index < -0.39 is 17.6 Å². The monoisotopic (exact) mass is 372 g/mol. The van der Waals surface area contributed by atoms with Gasteiger partial charge < -0.3 is 4.74 Å². The van der Waals surface area contributed by atoms with Gasteiger partial charge in [-0.1, -0.05) is 0 Å². The zero-order valence-electron chi connectivity index (χ0n) is 10.8. The first-order valence-electron chi connectivity index (χ1n) is 5.71. The van der Waals surface area contributed by atoms with Crippen molar-refractivity contribution >= 4 is 39.1 Å². The number of amides is 2. The maximum Gasteiger partial charge on any atom is 0.279 e. The molecule has 0 aliphatic rings. The Morgan fingerprint density at radius 2 is 1.90 bits per heavy atom. The van der Waals surface area contributed by atoms with Gasteiger partial charge in [0.05, 0.1) is 15.8 Å². The number of methoxy groups -OCH3 is 1.